The molecule has 1 aromatic rings. The SMILES string of the molecule is CN1CCCC1n1ncc(OC2CCCC2)c1Cl. The lowest BCUT2D eigenvalue weighted by Gasteiger charge is -2.20. The Kier molecular flexibility index (Phi) is 3.48. The van der Waals surface area contributed by atoms with E-state index < -0.39 is 0 Å². The van der Waals surface area contributed by atoms with Crippen LogP contribution in [0.1, 0.15) is 44.7 Å². The smallest absolute Gasteiger partial charge is 0.176 e. The molecular weight excluding hydrogens is 250 g/mol. The van der Waals surface area contributed by atoms with Gasteiger partial charge in [-0.15, -0.1) is 0 Å². The maximum Gasteiger partial charge on any atom is 0.176 e. The van der Waals surface area contributed by atoms with Crippen LogP contribution in [0.2, 0.25) is 5.15 Å². The largest absolute Gasteiger partial charge is 0.486 e. The molecule has 3 rings (SSSR count). The first kappa shape index (κ1) is 12.3. The number of nitrogens with zero attached hydrogens (tertiary/aromatic N) is 3. The van der Waals surface area contributed by atoms with E-state index in [1.807, 2.05) is 4.68 Å². The number of ether oxygens (including phenoxy) is 1. The molecular formula is C13H20ClN3O. The van der Waals surface area contributed by atoms with Gasteiger partial charge in [0.2, 0.25) is 0 Å². The molecule has 1 saturated heterocycles. The molecule has 0 radical (unpaired) electrons. The maximum atomic E-state index is 6.40. The molecule has 0 amide bonds. The van der Waals surface area contributed by atoms with Crippen molar-refractivity contribution in [3.05, 3.63) is 11.3 Å². The average molecular weight is 270 g/mol. The van der Waals surface area contributed by atoms with Crippen molar-refractivity contribution in [2.24, 2.45) is 0 Å². The third-order valence-electron chi connectivity index (χ3n) is 4.06. The second-order valence-corrected chi connectivity index (χ2v) is 5.73. The monoisotopic (exact) mass is 269 g/mol. The summed E-state index contributed by atoms with van der Waals surface area (Å²) >= 11 is 6.40. The summed E-state index contributed by atoms with van der Waals surface area (Å²) in [4.78, 5) is 2.29. The van der Waals surface area contributed by atoms with Gasteiger partial charge in [-0.05, 0) is 52.1 Å². The van der Waals surface area contributed by atoms with Crippen LogP contribution in [0.5, 0.6) is 5.75 Å². The van der Waals surface area contributed by atoms with Crippen molar-refractivity contribution in [3.63, 3.8) is 0 Å². The number of hydrogen-bond donors (Lipinski definition) is 0. The molecule has 100 valence electrons. The van der Waals surface area contributed by atoms with Crippen molar-refractivity contribution in [2.45, 2.75) is 50.8 Å². The second kappa shape index (κ2) is 5.10. The van der Waals surface area contributed by atoms with Gasteiger partial charge in [0, 0.05) is 0 Å². The van der Waals surface area contributed by atoms with E-state index in [4.69, 9.17) is 16.3 Å². The third kappa shape index (κ3) is 2.24. The Morgan fingerprint density at radius 1 is 1.28 bits per heavy atom. The van der Waals surface area contributed by atoms with Gasteiger partial charge in [-0.2, -0.15) is 5.10 Å². The normalized spacial score (nSPS) is 26.0. The highest BCUT2D eigenvalue weighted by Gasteiger charge is 2.27. The third-order valence-corrected chi connectivity index (χ3v) is 4.42. The predicted octanol–water partition coefficient (Wildman–Crippen LogP) is 3.08. The first-order chi connectivity index (χ1) is 8.75. The fraction of sp³-hybridized carbons (Fsp3) is 0.769. The topological polar surface area (TPSA) is 30.3 Å². The molecule has 2 aliphatic rings. The van der Waals surface area contributed by atoms with Gasteiger partial charge in [0.15, 0.2) is 10.9 Å². The molecule has 1 atom stereocenters. The minimum atomic E-state index is 0.290. The fourth-order valence-corrected chi connectivity index (χ4v) is 3.26. The summed E-state index contributed by atoms with van der Waals surface area (Å²) in [5.74, 6) is 0.754. The van der Waals surface area contributed by atoms with Gasteiger partial charge in [-0.3, -0.25) is 4.90 Å². The van der Waals surface area contributed by atoms with Crippen molar-refractivity contribution in [3.8, 4) is 5.75 Å². The standard InChI is InChI=1S/C13H20ClN3O/c1-16-8-4-7-12(16)17-13(14)11(9-15-17)18-10-5-2-3-6-10/h9-10,12H,2-8H2,1H3. The molecule has 18 heavy (non-hydrogen) atoms. The highest BCUT2D eigenvalue weighted by Crippen LogP contribution is 2.34. The highest BCUT2D eigenvalue weighted by atomic mass is 35.5. The quantitative estimate of drug-likeness (QED) is 0.845. The van der Waals surface area contributed by atoms with E-state index in [0.29, 0.717) is 17.4 Å². The molecule has 0 aromatic carbocycles. The predicted molar refractivity (Wildman–Crippen MR) is 71.0 cm³/mol. The Morgan fingerprint density at radius 3 is 2.72 bits per heavy atom. The van der Waals surface area contributed by atoms with E-state index in [-0.39, 0.29) is 0 Å². The van der Waals surface area contributed by atoms with Crippen LogP contribution >= 0.6 is 11.6 Å². The van der Waals surface area contributed by atoms with Gasteiger partial charge < -0.3 is 4.74 Å². The lowest BCUT2D eigenvalue weighted by molar-refractivity contribution is 0.204. The van der Waals surface area contributed by atoms with Crippen LogP contribution < -0.4 is 4.74 Å². The van der Waals surface area contributed by atoms with E-state index in [9.17, 15) is 0 Å². The van der Waals surface area contributed by atoms with Crippen LogP contribution in [0.25, 0.3) is 0 Å². The summed E-state index contributed by atoms with van der Waals surface area (Å²) in [6, 6.07) is 0. The zero-order chi connectivity index (χ0) is 12.5. The van der Waals surface area contributed by atoms with Crippen LogP contribution in [-0.2, 0) is 0 Å². The lowest BCUT2D eigenvalue weighted by atomic mass is 10.3. The first-order valence-corrected chi connectivity index (χ1v) is 7.23. The summed E-state index contributed by atoms with van der Waals surface area (Å²) in [5.41, 5.74) is 0. The zero-order valence-electron chi connectivity index (χ0n) is 10.8. The Bertz CT molecular complexity index is 414. The minimum Gasteiger partial charge on any atom is -0.486 e. The van der Waals surface area contributed by atoms with Crippen LogP contribution in [0.15, 0.2) is 6.20 Å². The summed E-state index contributed by atoms with van der Waals surface area (Å²) in [6.07, 6.45) is 9.53. The fourth-order valence-electron chi connectivity index (χ4n) is 3.01. The number of likely N-dealkylation sites (tertiary alicyclic amines) is 1. The molecule has 1 aliphatic heterocycles. The number of hydrogen-bond acceptors (Lipinski definition) is 3. The van der Waals surface area contributed by atoms with Gasteiger partial charge in [0.1, 0.15) is 6.17 Å². The molecule has 5 heteroatoms. The van der Waals surface area contributed by atoms with Gasteiger partial charge in [0.25, 0.3) is 0 Å². The summed E-state index contributed by atoms with van der Waals surface area (Å²) in [5, 5.41) is 5.06. The van der Waals surface area contributed by atoms with E-state index in [0.717, 1.165) is 31.6 Å². The molecule has 2 heterocycles. The van der Waals surface area contributed by atoms with Crippen molar-refractivity contribution >= 4 is 11.6 Å². The zero-order valence-corrected chi connectivity index (χ0v) is 11.6. The molecule has 4 nitrogen and oxygen atoms in total. The molecule has 0 N–H and O–H groups in total. The lowest BCUT2D eigenvalue weighted by Crippen LogP contribution is -2.24. The van der Waals surface area contributed by atoms with Gasteiger partial charge in [-0.1, -0.05) is 11.6 Å². The Labute approximate surface area is 113 Å². The Hall–Kier alpha value is -0.740. The Morgan fingerprint density at radius 2 is 2.06 bits per heavy atom. The molecule has 1 aliphatic carbocycles. The van der Waals surface area contributed by atoms with Crippen molar-refractivity contribution < 1.29 is 4.74 Å². The highest BCUT2D eigenvalue weighted by molar-refractivity contribution is 6.31. The van der Waals surface area contributed by atoms with Crippen LogP contribution in [-0.4, -0.2) is 34.4 Å². The van der Waals surface area contributed by atoms with Crippen molar-refractivity contribution in [1.82, 2.24) is 14.7 Å². The van der Waals surface area contributed by atoms with E-state index in [1.165, 1.54) is 19.3 Å². The maximum absolute atomic E-state index is 6.40. The van der Waals surface area contributed by atoms with Gasteiger partial charge in [-0.25, -0.2) is 4.68 Å². The number of aromatic nitrogens is 2. The van der Waals surface area contributed by atoms with Gasteiger partial charge >= 0.3 is 0 Å². The second-order valence-electron chi connectivity index (χ2n) is 5.37. The van der Waals surface area contributed by atoms with Crippen LogP contribution in [0.4, 0.5) is 0 Å². The molecule has 2 fully saturated rings. The van der Waals surface area contributed by atoms with Crippen molar-refractivity contribution in [2.75, 3.05) is 13.6 Å². The number of rotatable bonds is 3. The molecule has 1 saturated carbocycles. The molecule has 0 bridgehead atoms. The first-order valence-electron chi connectivity index (χ1n) is 6.85. The Balaban J connectivity index is 1.74. The van der Waals surface area contributed by atoms with Gasteiger partial charge in [0.05, 0.1) is 12.3 Å². The van der Waals surface area contributed by atoms with Crippen molar-refractivity contribution in [1.29, 1.82) is 0 Å². The van der Waals surface area contributed by atoms with Crippen LogP contribution in [0, 0.1) is 0 Å². The van der Waals surface area contributed by atoms with Crippen LogP contribution in [0.3, 0.4) is 0 Å². The van der Waals surface area contributed by atoms with E-state index in [2.05, 4.69) is 17.0 Å². The molecule has 1 aromatic heterocycles. The summed E-state index contributed by atoms with van der Waals surface area (Å²) in [7, 11) is 2.12. The van der Waals surface area contributed by atoms with E-state index in [1.54, 1.807) is 6.20 Å². The summed E-state index contributed by atoms with van der Waals surface area (Å²) < 4.78 is 7.85. The summed E-state index contributed by atoms with van der Waals surface area (Å²) in [6.45, 7) is 1.11. The minimum absolute atomic E-state index is 0.290. The molecule has 0 spiro atoms. The van der Waals surface area contributed by atoms with E-state index >= 15 is 0 Å². The molecule has 1 unspecified atom stereocenters. The number of halogens is 1. The average Bonchev–Trinajstić information content (AvgIpc) is 3.05.